The number of rotatable bonds is 8. The largest absolute Gasteiger partial charge is 0.379 e. The zero-order chi connectivity index (χ0) is 18.8. The van der Waals surface area contributed by atoms with Crippen LogP contribution in [-0.2, 0) is 11.2 Å². The Morgan fingerprint density at radius 1 is 1.30 bits per heavy atom. The van der Waals surface area contributed by atoms with E-state index in [-0.39, 0.29) is 24.0 Å². The maximum absolute atomic E-state index is 5.83. The van der Waals surface area contributed by atoms with Crippen molar-refractivity contribution in [3.05, 3.63) is 29.0 Å². The van der Waals surface area contributed by atoms with Crippen LogP contribution in [0.25, 0.3) is 0 Å². The number of morpholine rings is 1. The maximum atomic E-state index is 5.83. The molecule has 1 atom stereocenters. The summed E-state index contributed by atoms with van der Waals surface area (Å²) in [6, 6.07) is 4.27. The fraction of sp³-hybridized carbons (Fsp3) is 0.684. The third-order valence-corrected chi connectivity index (χ3v) is 4.78. The average molecular weight is 510 g/mol. The second-order valence-corrected chi connectivity index (χ2v) is 7.23. The fourth-order valence-electron chi connectivity index (χ4n) is 3.06. The van der Waals surface area contributed by atoms with Crippen molar-refractivity contribution in [2.75, 3.05) is 45.9 Å². The molecular weight excluding hydrogens is 477 g/mol. The third-order valence-electron chi connectivity index (χ3n) is 4.56. The number of nitrogens with zero attached hydrogens (tertiary/aromatic N) is 3. The standard InChI is InChI=1S/C19H32ClN5O.HI/c1-4-21-19(22-8-7-16-5-6-18(20)23-13-16)24-14-17(15(2)3)25-9-11-26-12-10-25;/h5-6,13,15,17H,4,7-12,14H2,1-3H3,(H2,21,22,24);1H. The van der Waals surface area contributed by atoms with E-state index in [2.05, 4.69) is 41.3 Å². The molecule has 0 amide bonds. The molecule has 6 nitrogen and oxygen atoms in total. The molecule has 1 aliphatic heterocycles. The zero-order valence-electron chi connectivity index (χ0n) is 16.6. The van der Waals surface area contributed by atoms with Crippen LogP contribution >= 0.6 is 35.6 Å². The van der Waals surface area contributed by atoms with Gasteiger partial charge in [-0.25, -0.2) is 4.98 Å². The first-order valence-corrected chi connectivity index (χ1v) is 9.92. The molecule has 0 spiro atoms. The van der Waals surface area contributed by atoms with Crippen molar-refractivity contribution in [3.8, 4) is 0 Å². The number of pyridine rings is 1. The predicted molar refractivity (Wildman–Crippen MR) is 123 cm³/mol. The number of halogens is 2. The van der Waals surface area contributed by atoms with Gasteiger partial charge in [-0.3, -0.25) is 9.89 Å². The third kappa shape index (κ3) is 8.93. The summed E-state index contributed by atoms with van der Waals surface area (Å²) in [7, 11) is 0. The lowest BCUT2D eigenvalue weighted by Crippen LogP contribution is -2.48. The van der Waals surface area contributed by atoms with Gasteiger partial charge in [0.25, 0.3) is 0 Å². The molecule has 0 saturated carbocycles. The summed E-state index contributed by atoms with van der Waals surface area (Å²) in [4.78, 5) is 11.5. The molecule has 2 rings (SSSR count). The fourth-order valence-corrected chi connectivity index (χ4v) is 3.17. The Morgan fingerprint density at radius 2 is 2.04 bits per heavy atom. The van der Waals surface area contributed by atoms with Crippen LogP contribution < -0.4 is 10.6 Å². The molecule has 1 aromatic rings. The number of aliphatic imine (C=N–C) groups is 1. The molecule has 8 heteroatoms. The van der Waals surface area contributed by atoms with Crippen molar-refractivity contribution >= 4 is 41.5 Å². The minimum Gasteiger partial charge on any atom is -0.379 e. The summed E-state index contributed by atoms with van der Waals surface area (Å²) in [6.45, 7) is 12.7. The molecule has 0 bridgehead atoms. The summed E-state index contributed by atoms with van der Waals surface area (Å²) >= 11 is 5.83. The first-order valence-electron chi connectivity index (χ1n) is 9.54. The monoisotopic (exact) mass is 509 g/mol. The van der Waals surface area contributed by atoms with Crippen molar-refractivity contribution in [3.63, 3.8) is 0 Å². The summed E-state index contributed by atoms with van der Waals surface area (Å²) < 4.78 is 5.48. The summed E-state index contributed by atoms with van der Waals surface area (Å²) in [5.41, 5.74) is 1.16. The van der Waals surface area contributed by atoms with E-state index in [4.69, 9.17) is 21.3 Å². The topological polar surface area (TPSA) is 61.8 Å². The molecule has 1 unspecified atom stereocenters. The highest BCUT2D eigenvalue weighted by Gasteiger charge is 2.23. The maximum Gasteiger partial charge on any atom is 0.191 e. The van der Waals surface area contributed by atoms with Crippen LogP contribution in [0.4, 0.5) is 0 Å². The van der Waals surface area contributed by atoms with Gasteiger partial charge >= 0.3 is 0 Å². The van der Waals surface area contributed by atoms with Crippen molar-refractivity contribution in [1.82, 2.24) is 20.5 Å². The average Bonchev–Trinajstić information content (AvgIpc) is 2.64. The quantitative estimate of drug-likeness (QED) is 0.244. The van der Waals surface area contributed by atoms with Crippen LogP contribution in [0.1, 0.15) is 26.3 Å². The molecule has 1 aromatic heterocycles. The molecular formula is C19H33ClIN5O. The highest BCUT2D eigenvalue weighted by Crippen LogP contribution is 2.13. The number of guanidine groups is 1. The van der Waals surface area contributed by atoms with Crippen molar-refractivity contribution in [1.29, 1.82) is 0 Å². The zero-order valence-corrected chi connectivity index (χ0v) is 19.7. The van der Waals surface area contributed by atoms with Crippen LogP contribution in [0.15, 0.2) is 23.3 Å². The highest BCUT2D eigenvalue weighted by atomic mass is 127. The van der Waals surface area contributed by atoms with Gasteiger partial charge in [0.15, 0.2) is 5.96 Å². The molecule has 0 aliphatic carbocycles. The van der Waals surface area contributed by atoms with Crippen LogP contribution in [0.5, 0.6) is 0 Å². The van der Waals surface area contributed by atoms with Gasteiger partial charge in [-0.1, -0.05) is 31.5 Å². The summed E-state index contributed by atoms with van der Waals surface area (Å²) in [5, 5.41) is 7.28. The van der Waals surface area contributed by atoms with Gasteiger partial charge in [-0.05, 0) is 30.9 Å². The molecule has 27 heavy (non-hydrogen) atoms. The molecule has 1 saturated heterocycles. The van der Waals surface area contributed by atoms with Crippen molar-refractivity contribution < 1.29 is 4.74 Å². The number of hydrogen-bond donors (Lipinski definition) is 2. The lowest BCUT2D eigenvalue weighted by atomic mass is 10.0. The van der Waals surface area contributed by atoms with E-state index in [1.807, 2.05) is 18.3 Å². The van der Waals surface area contributed by atoms with Crippen LogP contribution in [-0.4, -0.2) is 67.8 Å². The Balaban J connectivity index is 0.00000364. The Morgan fingerprint density at radius 3 is 2.63 bits per heavy atom. The van der Waals surface area contributed by atoms with Gasteiger partial charge in [-0.15, -0.1) is 24.0 Å². The lowest BCUT2D eigenvalue weighted by Gasteiger charge is -2.36. The Labute approximate surface area is 185 Å². The van der Waals surface area contributed by atoms with Gasteiger partial charge in [-0.2, -0.15) is 0 Å². The Hall–Kier alpha value is -0.640. The van der Waals surface area contributed by atoms with Gasteiger partial charge in [0.1, 0.15) is 5.15 Å². The number of aromatic nitrogens is 1. The van der Waals surface area contributed by atoms with E-state index < -0.39 is 0 Å². The SMILES string of the molecule is CCNC(=NCC(C(C)C)N1CCOCC1)NCCc1ccc(Cl)nc1.I. The molecule has 2 heterocycles. The van der Waals surface area contributed by atoms with E-state index in [1.54, 1.807) is 0 Å². The van der Waals surface area contributed by atoms with Crippen LogP contribution in [0.3, 0.4) is 0 Å². The first-order chi connectivity index (χ1) is 12.6. The predicted octanol–water partition coefficient (Wildman–Crippen LogP) is 2.81. The van der Waals surface area contributed by atoms with Gasteiger partial charge in [0.2, 0.25) is 0 Å². The minimum absolute atomic E-state index is 0. The van der Waals surface area contributed by atoms with Crippen molar-refractivity contribution in [2.45, 2.75) is 33.2 Å². The van der Waals surface area contributed by atoms with E-state index in [0.29, 0.717) is 17.1 Å². The van der Waals surface area contributed by atoms with E-state index >= 15 is 0 Å². The smallest absolute Gasteiger partial charge is 0.191 e. The Bertz CT molecular complexity index is 550. The molecule has 1 aliphatic rings. The normalized spacial score (nSPS) is 16.7. The van der Waals surface area contributed by atoms with E-state index in [0.717, 1.165) is 63.9 Å². The van der Waals surface area contributed by atoms with Crippen LogP contribution in [0, 0.1) is 5.92 Å². The molecule has 154 valence electrons. The number of nitrogens with one attached hydrogen (secondary N) is 2. The Kier molecular flexibility index (Phi) is 12.2. The second kappa shape index (κ2) is 13.5. The van der Waals surface area contributed by atoms with E-state index in [9.17, 15) is 0 Å². The summed E-state index contributed by atoms with van der Waals surface area (Å²) in [5.74, 6) is 1.42. The summed E-state index contributed by atoms with van der Waals surface area (Å²) in [6.07, 6.45) is 2.70. The van der Waals surface area contributed by atoms with Gasteiger partial charge in [0, 0.05) is 38.4 Å². The molecule has 0 aromatic carbocycles. The number of ether oxygens (including phenoxy) is 1. The van der Waals surface area contributed by atoms with Crippen molar-refractivity contribution in [2.24, 2.45) is 10.9 Å². The minimum atomic E-state index is 0. The molecule has 2 N–H and O–H groups in total. The lowest BCUT2D eigenvalue weighted by molar-refractivity contribution is 0.00867. The first kappa shape index (κ1) is 24.4. The molecule has 0 radical (unpaired) electrons. The van der Waals surface area contributed by atoms with Gasteiger partial charge in [0.05, 0.1) is 19.8 Å². The van der Waals surface area contributed by atoms with Gasteiger partial charge < -0.3 is 15.4 Å². The molecule has 1 fully saturated rings. The van der Waals surface area contributed by atoms with Crippen LogP contribution in [0.2, 0.25) is 5.15 Å². The second-order valence-electron chi connectivity index (χ2n) is 6.85. The highest BCUT2D eigenvalue weighted by molar-refractivity contribution is 14.0. The van der Waals surface area contributed by atoms with E-state index in [1.165, 1.54) is 0 Å². The number of hydrogen-bond acceptors (Lipinski definition) is 4.